The van der Waals surface area contributed by atoms with E-state index in [2.05, 4.69) is 78.9 Å². The molecule has 0 spiro atoms. The van der Waals surface area contributed by atoms with Crippen LogP contribution in [0.2, 0.25) is 0 Å². The molecule has 1 aliphatic rings. The molecular weight excluding hydrogens is 356 g/mol. The van der Waals surface area contributed by atoms with Gasteiger partial charge in [0.25, 0.3) is 0 Å². The Balaban J connectivity index is 0.00000240. The van der Waals surface area contributed by atoms with Gasteiger partial charge in [-0.1, -0.05) is 74.2 Å². The first kappa shape index (κ1) is 21.0. The van der Waals surface area contributed by atoms with Gasteiger partial charge in [-0.2, -0.15) is 0 Å². The lowest BCUT2D eigenvalue weighted by atomic mass is 9.86. The molecule has 0 radical (unpaired) electrons. The third-order valence-corrected chi connectivity index (χ3v) is 5.67. The number of hydrogen-bond donors (Lipinski definition) is 0. The van der Waals surface area contributed by atoms with Crippen molar-refractivity contribution in [2.75, 3.05) is 7.11 Å². The zero-order chi connectivity index (χ0) is 19.2. The summed E-state index contributed by atoms with van der Waals surface area (Å²) in [5.41, 5.74) is 3.93. The van der Waals surface area contributed by atoms with Gasteiger partial charge in [0, 0.05) is 5.92 Å². The summed E-state index contributed by atoms with van der Waals surface area (Å²) in [6, 6.07) is 27.9. The van der Waals surface area contributed by atoms with E-state index in [-0.39, 0.29) is 13.3 Å². The van der Waals surface area contributed by atoms with E-state index in [0.717, 1.165) is 30.8 Å². The molecule has 0 N–H and O–H groups in total. The molecule has 1 atom stereocenters. The average Bonchev–Trinajstić information content (AvgIpc) is 3.26. The van der Waals surface area contributed by atoms with E-state index in [1.807, 2.05) is 0 Å². The molecule has 2 nitrogen and oxygen atoms in total. The summed E-state index contributed by atoms with van der Waals surface area (Å²) in [6.07, 6.45) is 6.06. The first-order valence-electron chi connectivity index (χ1n) is 10.3. The van der Waals surface area contributed by atoms with Gasteiger partial charge in [0.1, 0.15) is 0 Å². The van der Waals surface area contributed by atoms with Gasteiger partial charge in [0.15, 0.2) is 11.5 Å². The Hall–Kier alpha value is -2.74. The van der Waals surface area contributed by atoms with Crippen molar-refractivity contribution in [3.05, 3.63) is 95.6 Å². The molecule has 4 rings (SSSR count). The molecule has 0 unspecified atom stereocenters. The van der Waals surface area contributed by atoms with Gasteiger partial charge >= 0.3 is 0 Å². The fourth-order valence-electron chi connectivity index (χ4n) is 4.15. The van der Waals surface area contributed by atoms with Crippen molar-refractivity contribution in [3.63, 3.8) is 0 Å². The van der Waals surface area contributed by atoms with Gasteiger partial charge in [-0.3, -0.25) is 0 Å². The van der Waals surface area contributed by atoms with Crippen LogP contribution in [-0.4, -0.2) is 13.2 Å². The summed E-state index contributed by atoms with van der Waals surface area (Å²) in [5.74, 6) is 1.98. The van der Waals surface area contributed by atoms with E-state index >= 15 is 0 Å². The van der Waals surface area contributed by atoms with Crippen LogP contribution in [0.5, 0.6) is 11.5 Å². The van der Waals surface area contributed by atoms with Crippen LogP contribution >= 0.6 is 0 Å². The first-order valence-corrected chi connectivity index (χ1v) is 10.3. The van der Waals surface area contributed by atoms with Crippen LogP contribution in [0.15, 0.2) is 78.9 Å². The maximum Gasteiger partial charge on any atom is 0.161 e. The van der Waals surface area contributed by atoms with Crippen LogP contribution < -0.4 is 9.47 Å². The summed E-state index contributed by atoms with van der Waals surface area (Å²) in [4.78, 5) is 0. The minimum absolute atomic E-state index is 0. The van der Waals surface area contributed by atoms with Crippen LogP contribution in [0.4, 0.5) is 0 Å². The van der Waals surface area contributed by atoms with Crippen molar-refractivity contribution < 1.29 is 9.47 Å². The number of methoxy groups -OCH3 is 1. The Morgan fingerprint density at radius 1 is 0.793 bits per heavy atom. The van der Waals surface area contributed by atoms with Crippen molar-refractivity contribution in [2.24, 2.45) is 0 Å². The zero-order valence-electron chi connectivity index (χ0n) is 16.5. The lowest BCUT2D eigenvalue weighted by molar-refractivity contribution is 0.200. The fraction of sp³-hybridized carbons (Fsp3) is 0.333. The standard InChI is InChI=1S/C26H28O2.CH4/c1-27-25-17-16-22(19-26(25)28-23-14-8-9-15-23)24(21-12-6-3-7-13-21)18-20-10-4-2-5-11-20;/h2-7,10-13,16-17,19,23-24H,8-9,14-15,18H2,1H3;1H4/t24-;/m1./s1. The van der Waals surface area contributed by atoms with E-state index in [1.165, 1.54) is 29.5 Å². The van der Waals surface area contributed by atoms with Gasteiger partial charge in [-0.15, -0.1) is 0 Å². The number of hydrogen-bond acceptors (Lipinski definition) is 2. The molecule has 0 bridgehead atoms. The van der Waals surface area contributed by atoms with Crippen molar-refractivity contribution in [2.45, 2.75) is 51.6 Å². The minimum Gasteiger partial charge on any atom is -0.493 e. The molecule has 0 amide bonds. The highest BCUT2D eigenvalue weighted by Gasteiger charge is 2.21. The highest BCUT2D eigenvalue weighted by Crippen LogP contribution is 2.37. The van der Waals surface area contributed by atoms with Gasteiger partial charge in [-0.25, -0.2) is 0 Å². The third kappa shape index (κ3) is 5.20. The molecule has 0 heterocycles. The number of ether oxygens (including phenoxy) is 2. The molecule has 152 valence electrons. The summed E-state index contributed by atoms with van der Waals surface area (Å²) in [7, 11) is 1.72. The van der Waals surface area contributed by atoms with E-state index in [1.54, 1.807) is 7.11 Å². The Morgan fingerprint density at radius 3 is 2.10 bits per heavy atom. The van der Waals surface area contributed by atoms with Crippen LogP contribution in [0.25, 0.3) is 0 Å². The van der Waals surface area contributed by atoms with Gasteiger partial charge in [0.05, 0.1) is 13.2 Å². The zero-order valence-corrected chi connectivity index (χ0v) is 16.5. The molecule has 0 aliphatic heterocycles. The molecule has 1 fully saturated rings. The monoisotopic (exact) mass is 388 g/mol. The Kier molecular flexibility index (Phi) is 7.35. The lowest BCUT2D eigenvalue weighted by Gasteiger charge is -2.22. The van der Waals surface area contributed by atoms with E-state index < -0.39 is 0 Å². The Bertz CT molecular complexity index is 868. The number of benzene rings is 3. The fourth-order valence-corrected chi connectivity index (χ4v) is 4.15. The van der Waals surface area contributed by atoms with Crippen molar-refractivity contribution in [3.8, 4) is 11.5 Å². The molecule has 2 heteroatoms. The number of rotatable bonds is 7. The summed E-state index contributed by atoms with van der Waals surface area (Å²) >= 11 is 0. The molecule has 3 aromatic rings. The van der Waals surface area contributed by atoms with E-state index in [9.17, 15) is 0 Å². The van der Waals surface area contributed by atoms with E-state index in [4.69, 9.17) is 9.47 Å². The topological polar surface area (TPSA) is 18.5 Å². The van der Waals surface area contributed by atoms with Crippen LogP contribution in [0.3, 0.4) is 0 Å². The van der Waals surface area contributed by atoms with Crippen molar-refractivity contribution in [1.82, 2.24) is 0 Å². The largest absolute Gasteiger partial charge is 0.493 e. The van der Waals surface area contributed by atoms with Gasteiger partial charge in [-0.05, 0) is 60.9 Å². The smallest absolute Gasteiger partial charge is 0.161 e. The third-order valence-electron chi connectivity index (χ3n) is 5.67. The SMILES string of the molecule is C.COc1ccc([C@H](Cc2ccccc2)c2ccccc2)cc1OC1CCCC1. The quantitative estimate of drug-likeness (QED) is 0.433. The van der Waals surface area contributed by atoms with Crippen molar-refractivity contribution >= 4 is 0 Å². The lowest BCUT2D eigenvalue weighted by Crippen LogP contribution is -2.12. The highest BCUT2D eigenvalue weighted by atomic mass is 16.5. The predicted octanol–water partition coefficient (Wildman–Crippen LogP) is 7.03. The maximum absolute atomic E-state index is 6.35. The van der Waals surface area contributed by atoms with Crippen molar-refractivity contribution in [1.29, 1.82) is 0 Å². The van der Waals surface area contributed by atoms with Gasteiger partial charge in [0.2, 0.25) is 0 Å². The Morgan fingerprint density at radius 2 is 1.45 bits per heavy atom. The molecular formula is C27H32O2. The summed E-state index contributed by atoms with van der Waals surface area (Å²) in [6.45, 7) is 0. The normalized spacial score (nSPS) is 14.8. The second-order valence-corrected chi connectivity index (χ2v) is 7.59. The minimum atomic E-state index is 0. The van der Waals surface area contributed by atoms with Crippen LogP contribution in [0.1, 0.15) is 55.7 Å². The summed E-state index contributed by atoms with van der Waals surface area (Å²) < 4.78 is 11.9. The molecule has 1 saturated carbocycles. The average molecular weight is 389 g/mol. The first-order chi connectivity index (χ1) is 13.8. The Labute approximate surface area is 175 Å². The van der Waals surface area contributed by atoms with Crippen LogP contribution in [0, 0.1) is 0 Å². The van der Waals surface area contributed by atoms with Crippen LogP contribution in [-0.2, 0) is 6.42 Å². The van der Waals surface area contributed by atoms with E-state index in [0.29, 0.717) is 6.10 Å². The molecule has 0 saturated heterocycles. The highest BCUT2D eigenvalue weighted by molar-refractivity contribution is 5.47. The summed E-state index contributed by atoms with van der Waals surface area (Å²) in [5, 5.41) is 0. The second-order valence-electron chi connectivity index (χ2n) is 7.59. The second kappa shape index (κ2) is 10.2. The molecule has 29 heavy (non-hydrogen) atoms. The van der Waals surface area contributed by atoms with Gasteiger partial charge < -0.3 is 9.47 Å². The maximum atomic E-state index is 6.35. The molecule has 0 aromatic heterocycles. The molecule has 3 aromatic carbocycles. The molecule has 1 aliphatic carbocycles. The predicted molar refractivity (Wildman–Crippen MR) is 121 cm³/mol.